The fourth-order valence-electron chi connectivity index (χ4n) is 2.83. The van der Waals surface area contributed by atoms with Crippen LogP contribution >= 0.6 is 0 Å². The van der Waals surface area contributed by atoms with Gasteiger partial charge in [-0.3, -0.25) is 4.79 Å². The molecule has 5 nitrogen and oxygen atoms in total. The fraction of sp³-hybridized carbons (Fsp3) is 0.562. The first-order valence-electron chi connectivity index (χ1n) is 7.57. The Bertz CT molecular complexity index is 531. The van der Waals surface area contributed by atoms with Crippen LogP contribution in [0.5, 0.6) is 11.5 Å². The zero-order valence-electron chi connectivity index (χ0n) is 12.9. The van der Waals surface area contributed by atoms with Crippen LogP contribution in [0.25, 0.3) is 0 Å². The van der Waals surface area contributed by atoms with Crippen LogP contribution in [-0.2, 0) is 11.3 Å². The summed E-state index contributed by atoms with van der Waals surface area (Å²) in [5, 5.41) is 12.3. The summed E-state index contributed by atoms with van der Waals surface area (Å²) in [5.74, 6) is -0.708. The van der Waals surface area contributed by atoms with E-state index in [1.54, 1.807) is 12.1 Å². The third-order valence-electron chi connectivity index (χ3n) is 4.12. The number of nitrogens with one attached hydrogen (secondary N) is 1. The van der Waals surface area contributed by atoms with Gasteiger partial charge in [-0.15, -0.1) is 0 Å². The maximum Gasteiger partial charge on any atom is 0.387 e. The highest BCUT2D eigenvalue weighted by Gasteiger charge is 2.25. The van der Waals surface area contributed by atoms with E-state index in [0.29, 0.717) is 19.4 Å². The zero-order chi connectivity index (χ0) is 16.8. The number of halogens is 2. The summed E-state index contributed by atoms with van der Waals surface area (Å²) in [6.07, 6.45) is 2.92. The second-order valence-corrected chi connectivity index (χ2v) is 5.63. The molecular weight excluding hydrogens is 308 g/mol. The molecule has 0 amide bonds. The van der Waals surface area contributed by atoms with E-state index in [-0.39, 0.29) is 23.5 Å². The molecule has 0 bridgehead atoms. The standard InChI is InChI=1S/C16H21F2NO4/c1-22-13-7-2-10(8-14(13)23-16(17)18)9-19-12-5-3-11(4-6-12)15(20)21/h2,7-8,11-12,16,19H,3-6,9H2,1H3,(H,20,21). The zero-order valence-corrected chi connectivity index (χ0v) is 12.9. The van der Waals surface area contributed by atoms with E-state index in [0.717, 1.165) is 18.4 Å². The summed E-state index contributed by atoms with van der Waals surface area (Å²) in [7, 11) is 1.40. The molecule has 0 aliphatic heterocycles. The van der Waals surface area contributed by atoms with Crippen LogP contribution in [0.4, 0.5) is 8.78 Å². The number of ether oxygens (including phenoxy) is 2. The lowest BCUT2D eigenvalue weighted by Crippen LogP contribution is -2.34. The van der Waals surface area contributed by atoms with Crippen molar-refractivity contribution in [3.63, 3.8) is 0 Å². The van der Waals surface area contributed by atoms with Crippen molar-refractivity contribution >= 4 is 5.97 Å². The molecule has 1 aliphatic carbocycles. The van der Waals surface area contributed by atoms with E-state index in [1.807, 2.05) is 0 Å². The molecule has 2 rings (SSSR count). The molecule has 1 aromatic rings. The minimum absolute atomic E-state index is 0.0105. The van der Waals surface area contributed by atoms with E-state index < -0.39 is 12.6 Å². The molecule has 23 heavy (non-hydrogen) atoms. The summed E-state index contributed by atoms with van der Waals surface area (Å²) in [5.41, 5.74) is 0.807. The molecule has 0 saturated heterocycles. The summed E-state index contributed by atoms with van der Waals surface area (Å²) in [6.45, 7) is -2.40. The number of alkyl halides is 2. The SMILES string of the molecule is COc1ccc(CNC2CCC(C(=O)O)CC2)cc1OC(F)F. The molecule has 0 radical (unpaired) electrons. The normalized spacial score (nSPS) is 21.2. The molecule has 7 heteroatoms. The summed E-state index contributed by atoms with van der Waals surface area (Å²) in [4.78, 5) is 10.9. The van der Waals surface area contributed by atoms with Gasteiger partial charge in [-0.05, 0) is 43.4 Å². The number of carbonyl (C=O) groups is 1. The molecule has 0 atom stereocenters. The first-order chi connectivity index (χ1) is 11.0. The Hall–Kier alpha value is -1.89. The van der Waals surface area contributed by atoms with Crippen LogP contribution in [0.3, 0.4) is 0 Å². The third-order valence-corrected chi connectivity index (χ3v) is 4.12. The Morgan fingerprint density at radius 1 is 1.30 bits per heavy atom. The molecular formula is C16H21F2NO4. The van der Waals surface area contributed by atoms with Crippen molar-refractivity contribution in [1.82, 2.24) is 5.32 Å². The predicted octanol–water partition coefficient (Wildman–Crippen LogP) is 3.03. The first-order valence-corrected chi connectivity index (χ1v) is 7.57. The number of hydrogen-bond donors (Lipinski definition) is 2. The minimum Gasteiger partial charge on any atom is -0.493 e. The van der Waals surface area contributed by atoms with Crippen LogP contribution in [-0.4, -0.2) is 30.8 Å². The Kier molecular flexibility index (Phi) is 6.15. The largest absolute Gasteiger partial charge is 0.493 e. The van der Waals surface area contributed by atoms with Gasteiger partial charge in [0.25, 0.3) is 0 Å². The maximum atomic E-state index is 12.4. The van der Waals surface area contributed by atoms with Gasteiger partial charge in [-0.25, -0.2) is 0 Å². The van der Waals surface area contributed by atoms with Crippen molar-refractivity contribution in [2.75, 3.05) is 7.11 Å². The van der Waals surface area contributed by atoms with E-state index in [2.05, 4.69) is 10.1 Å². The highest BCUT2D eigenvalue weighted by Crippen LogP contribution is 2.30. The lowest BCUT2D eigenvalue weighted by Gasteiger charge is -2.27. The van der Waals surface area contributed by atoms with Crippen LogP contribution in [0, 0.1) is 5.92 Å². The number of rotatable bonds is 7. The van der Waals surface area contributed by atoms with Crippen molar-refractivity contribution < 1.29 is 28.2 Å². The average Bonchev–Trinajstić information content (AvgIpc) is 2.53. The summed E-state index contributed by atoms with van der Waals surface area (Å²) >= 11 is 0. The summed E-state index contributed by atoms with van der Waals surface area (Å²) in [6, 6.07) is 5.15. The van der Waals surface area contributed by atoms with Crippen LogP contribution < -0.4 is 14.8 Å². The number of benzene rings is 1. The van der Waals surface area contributed by atoms with Crippen molar-refractivity contribution in [2.24, 2.45) is 5.92 Å². The van der Waals surface area contributed by atoms with Crippen LogP contribution in [0.2, 0.25) is 0 Å². The second-order valence-electron chi connectivity index (χ2n) is 5.63. The van der Waals surface area contributed by atoms with Crippen molar-refractivity contribution in [3.8, 4) is 11.5 Å². The highest BCUT2D eigenvalue weighted by molar-refractivity contribution is 5.70. The van der Waals surface area contributed by atoms with E-state index >= 15 is 0 Å². The van der Waals surface area contributed by atoms with Crippen LogP contribution in [0.15, 0.2) is 18.2 Å². The number of carboxylic acid groups (broad SMARTS) is 1. The van der Waals surface area contributed by atoms with Gasteiger partial charge < -0.3 is 19.9 Å². The van der Waals surface area contributed by atoms with E-state index in [4.69, 9.17) is 9.84 Å². The molecule has 2 N–H and O–H groups in total. The first kappa shape index (κ1) is 17.5. The molecule has 1 aromatic carbocycles. The molecule has 0 heterocycles. The molecule has 0 unspecified atom stereocenters. The highest BCUT2D eigenvalue weighted by atomic mass is 19.3. The average molecular weight is 329 g/mol. The van der Waals surface area contributed by atoms with Gasteiger partial charge in [-0.1, -0.05) is 6.07 Å². The second kappa shape index (κ2) is 8.10. The topological polar surface area (TPSA) is 67.8 Å². The third kappa shape index (κ3) is 5.06. The molecule has 0 aromatic heterocycles. The van der Waals surface area contributed by atoms with E-state index in [1.165, 1.54) is 13.2 Å². The number of methoxy groups -OCH3 is 1. The predicted molar refractivity (Wildman–Crippen MR) is 79.8 cm³/mol. The minimum atomic E-state index is -2.90. The summed E-state index contributed by atoms with van der Waals surface area (Å²) < 4.78 is 34.3. The lowest BCUT2D eigenvalue weighted by molar-refractivity contribution is -0.142. The van der Waals surface area contributed by atoms with E-state index in [9.17, 15) is 13.6 Å². The molecule has 1 fully saturated rings. The van der Waals surface area contributed by atoms with Crippen LogP contribution in [0.1, 0.15) is 31.2 Å². The smallest absolute Gasteiger partial charge is 0.387 e. The Labute approximate surface area is 133 Å². The number of hydrogen-bond acceptors (Lipinski definition) is 4. The van der Waals surface area contributed by atoms with Gasteiger partial charge >= 0.3 is 12.6 Å². The lowest BCUT2D eigenvalue weighted by atomic mass is 9.86. The Morgan fingerprint density at radius 2 is 2.00 bits per heavy atom. The molecule has 1 aliphatic rings. The quantitative estimate of drug-likeness (QED) is 0.805. The van der Waals surface area contributed by atoms with Crippen molar-refractivity contribution in [1.29, 1.82) is 0 Å². The van der Waals surface area contributed by atoms with Gasteiger partial charge in [-0.2, -0.15) is 8.78 Å². The van der Waals surface area contributed by atoms with Crippen molar-refractivity contribution in [3.05, 3.63) is 23.8 Å². The number of aliphatic carboxylic acids is 1. The number of carboxylic acids is 1. The molecule has 1 saturated carbocycles. The van der Waals surface area contributed by atoms with Gasteiger partial charge in [0.15, 0.2) is 11.5 Å². The maximum absolute atomic E-state index is 12.4. The van der Waals surface area contributed by atoms with Gasteiger partial charge in [0.2, 0.25) is 0 Å². The monoisotopic (exact) mass is 329 g/mol. The Balaban J connectivity index is 1.89. The van der Waals surface area contributed by atoms with Gasteiger partial charge in [0.05, 0.1) is 13.0 Å². The van der Waals surface area contributed by atoms with Gasteiger partial charge in [0.1, 0.15) is 0 Å². The molecule has 0 spiro atoms. The van der Waals surface area contributed by atoms with Gasteiger partial charge in [0, 0.05) is 12.6 Å². The fourth-order valence-corrected chi connectivity index (χ4v) is 2.83. The van der Waals surface area contributed by atoms with Crippen molar-refractivity contribution in [2.45, 2.75) is 44.9 Å². The molecule has 128 valence electrons. The Morgan fingerprint density at radius 3 is 2.57 bits per heavy atom.